The third-order valence-electron chi connectivity index (χ3n) is 5.98. The van der Waals surface area contributed by atoms with Gasteiger partial charge in [-0.25, -0.2) is 9.97 Å². The fourth-order valence-electron chi connectivity index (χ4n) is 4.22. The monoisotopic (exact) mass is 482 g/mol. The van der Waals surface area contributed by atoms with E-state index in [0.717, 1.165) is 38.6 Å². The maximum absolute atomic E-state index is 12.9. The zero-order valence-corrected chi connectivity index (χ0v) is 19.9. The number of para-hydroxylation sites is 1. The molecule has 2 heterocycles. The summed E-state index contributed by atoms with van der Waals surface area (Å²) in [5.74, 6) is 1.54. The first-order chi connectivity index (χ1) is 17.4. The summed E-state index contributed by atoms with van der Waals surface area (Å²) in [6.07, 6.45) is -0.927. The van der Waals surface area contributed by atoms with Crippen LogP contribution in [0, 0.1) is 13.8 Å². The first kappa shape index (κ1) is 23.5. The zero-order valence-electron chi connectivity index (χ0n) is 19.9. The molecule has 8 nitrogen and oxygen atoms in total. The lowest BCUT2D eigenvalue weighted by molar-refractivity contribution is 0.0536. The van der Waals surface area contributed by atoms with Gasteiger partial charge in [0.2, 0.25) is 0 Å². The number of aliphatic hydroxyl groups is 2. The van der Waals surface area contributed by atoms with Crippen LogP contribution in [0.1, 0.15) is 21.5 Å². The Morgan fingerprint density at radius 1 is 1.00 bits per heavy atom. The number of aliphatic hydroxyl groups excluding tert-OH is 2. The smallest absolute Gasteiger partial charge is 0.256 e. The van der Waals surface area contributed by atoms with Gasteiger partial charge in [-0.05, 0) is 73.5 Å². The number of benzene rings is 3. The Hall–Kier alpha value is -4.27. The Balaban J connectivity index is 1.38. The molecule has 0 radical (unpaired) electrons. The third-order valence-corrected chi connectivity index (χ3v) is 5.98. The minimum Gasteiger partial charge on any atom is -0.491 e. The lowest BCUT2D eigenvalue weighted by Crippen LogP contribution is -2.21. The van der Waals surface area contributed by atoms with Crippen LogP contribution in [0.15, 0.2) is 66.7 Å². The normalized spacial score (nSPS) is 12.1. The van der Waals surface area contributed by atoms with Gasteiger partial charge in [0.1, 0.15) is 30.1 Å². The van der Waals surface area contributed by atoms with Gasteiger partial charge in [0, 0.05) is 16.5 Å². The van der Waals surface area contributed by atoms with Crippen LogP contribution < -0.4 is 10.1 Å². The summed E-state index contributed by atoms with van der Waals surface area (Å²) in [5, 5.41) is 22.4. The number of H-pyrrole nitrogens is 1. The Kier molecular flexibility index (Phi) is 6.37. The van der Waals surface area contributed by atoms with E-state index in [2.05, 4.69) is 15.3 Å². The van der Waals surface area contributed by atoms with Gasteiger partial charge in [-0.15, -0.1) is 0 Å². The predicted octanol–water partition coefficient (Wildman–Crippen LogP) is 4.38. The maximum Gasteiger partial charge on any atom is 0.256 e. The molecule has 0 aliphatic rings. The number of hydrogen-bond donors (Lipinski definition) is 4. The molecule has 0 aliphatic carbocycles. The lowest BCUT2D eigenvalue weighted by Gasteiger charge is -2.14. The number of fused-ring (bicyclic) bond motifs is 2. The third kappa shape index (κ3) is 4.77. The number of pyridine rings is 1. The highest BCUT2D eigenvalue weighted by atomic mass is 16.5. The van der Waals surface area contributed by atoms with E-state index in [9.17, 15) is 9.90 Å². The molecule has 36 heavy (non-hydrogen) atoms. The number of aryl methyl sites for hydroxylation is 2. The molecule has 0 spiro atoms. The van der Waals surface area contributed by atoms with Crippen molar-refractivity contribution in [1.29, 1.82) is 0 Å². The molecule has 182 valence electrons. The minimum atomic E-state index is -0.927. The number of amides is 1. The molecular formula is C28H26N4O4. The fourth-order valence-corrected chi connectivity index (χ4v) is 4.22. The molecule has 0 unspecified atom stereocenters. The van der Waals surface area contributed by atoms with E-state index in [1.165, 1.54) is 0 Å². The van der Waals surface area contributed by atoms with E-state index < -0.39 is 6.10 Å². The number of aromatic nitrogens is 3. The van der Waals surface area contributed by atoms with E-state index in [0.29, 0.717) is 23.0 Å². The molecule has 1 amide bonds. The molecule has 5 rings (SSSR count). The number of imidazole rings is 1. The van der Waals surface area contributed by atoms with Gasteiger partial charge in [0.05, 0.1) is 23.2 Å². The summed E-state index contributed by atoms with van der Waals surface area (Å²) in [6, 6.07) is 20.5. The molecule has 0 fully saturated rings. The molecule has 2 aromatic heterocycles. The van der Waals surface area contributed by atoms with Gasteiger partial charge >= 0.3 is 0 Å². The Labute approximate surface area is 207 Å². The summed E-state index contributed by atoms with van der Waals surface area (Å²) >= 11 is 0. The van der Waals surface area contributed by atoms with E-state index in [-0.39, 0.29) is 19.1 Å². The van der Waals surface area contributed by atoms with Gasteiger partial charge in [0.25, 0.3) is 5.91 Å². The van der Waals surface area contributed by atoms with Crippen molar-refractivity contribution in [2.24, 2.45) is 0 Å². The van der Waals surface area contributed by atoms with Crippen LogP contribution in [0.25, 0.3) is 33.3 Å². The Morgan fingerprint density at radius 2 is 1.78 bits per heavy atom. The van der Waals surface area contributed by atoms with Crippen molar-refractivity contribution < 1.29 is 19.7 Å². The van der Waals surface area contributed by atoms with E-state index in [4.69, 9.17) is 14.8 Å². The number of carbonyl (C=O) groups is 1. The summed E-state index contributed by atoms with van der Waals surface area (Å²) in [7, 11) is 0. The number of aromatic amines is 1. The van der Waals surface area contributed by atoms with Crippen molar-refractivity contribution in [3.8, 4) is 17.1 Å². The highest BCUT2D eigenvalue weighted by molar-refractivity contribution is 6.06. The van der Waals surface area contributed by atoms with Gasteiger partial charge in [-0.3, -0.25) is 4.79 Å². The Morgan fingerprint density at radius 3 is 2.56 bits per heavy atom. The van der Waals surface area contributed by atoms with Gasteiger partial charge in [-0.1, -0.05) is 18.2 Å². The van der Waals surface area contributed by atoms with Crippen molar-refractivity contribution in [1.82, 2.24) is 15.0 Å². The van der Waals surface area contributed by atoms with Crippen molar-refractivity contribution >= 4 is 33.7 Å². The Bertz CT molecular complexity index is 1550. The predicted molar refractivity (Wildman–Crippen MR) is 139 cm³/mol. The molecule has 0 saturated carbocycles. The second kappa shape index (κ2) is 9.77. The number of anilines is 1. The number of carbonyl (C=O) groups excluding carboxylic acids is 1. The molecule has 4 N–H and O–H groups in total. The summed E-state index contributed by atoms with van der Waals surface area (Å²) in [6.45, 7) is 3.58. The van der Waals surface area contributed by atoms with Gasteiger partial charge in [-0.2, -0.15) is 0 Å². The highest BCUT2D eigenvalue weighted by Gasteiger charge is 2.15. The van der Waals surface area contributed by atoms with E-state index >= 15 is 0 Å². The molecule has 0 saturated heterocycles. The first-order valence-electron chi connectivity index (χ1n) is 11.6. The average molecular weight is 483 g/mol. The molecule has 1 atom stereocenters. The van der Waals surface area contributed by atoms with Crippen LogP contribution in [-0.2, 0) is 0 Å². The second-order valence-corrected chi connectivity index (χ2v) is 8.74. The molecule has 0 aliphatic heterocycles. The van der Waals surface area contributed by atoms with E-state index in [1.807, 2.05) is 62.4 Å². The zero-order chi connectivity index (χ0) is 25.2. The van der Waals surface area contributed by atoms with Crippen LogP contribution in [0.3, 0.4) is 0 Å². The number of nitrogens with zero attached hydrogens (tertiary/aromatic N) is 2. The summed E-state index contributed by atoms with van der Waals surface area (Å²) < 4.78 is 5.59. The molecule has 0 bridgehead atoms. The van der Waals surface area contributed by atoms with Crippen LogP contribution in [0.2, 0.25) is 0 Å². The van der Waals surface area contributed by atoms with Crippen LogP contribution in [-0.4, -0.2) is 50.4 Å². The van der Waals surface area contributed by atoms with Crippen molar-refractivity contribution in [2.45, 2.75) is 20.0 Å². The van der Waals surface area contributed by atoms with Gasteiger partial charge < -0.3 is 25.3 Å². The van der Waals surface area contributed by atoms with E-state index in [1.54, 1.807) is 18.2 Å². The lowest BCUT2D eigenvalue weighted by atomic mass is 10.0. The minimum absolute atomic E-state index is 0.0128. The fraction of sp³-hybridized carbons (Fsp3) is 0.179. The van der Waals surface area contributed by atoms with Crippen molar-refractivity contribution in [3.63, 3.8) is 0 Å². The number of hydrogen-bond acceptors (Lipinski definition) is 6. The van der Waals surface area contributed by atoms with Crippen molar-refractivity contribution in [3.05, 3.63) is 83.4 Å². The molecule has 5 aromatic rings. The van der Waals surface area contributed by atoms with Crippen molar-refractivity contribution in [2.75, 3.05) is 18.5 Å². The SMILES string of the molecule is Cc1cc(OC[C@@H](O)CO)cc(C)c1-c1nc2ccc(C(=O)Nc3ccc4ccccc4n3)cc2[nH]1. The quantitative estimate of drug-likeness (QED) is 0.273. The average Bonchev–Trinajstić information content (AvgIpc) is 3.29. The number of rotatable bonds is 7. The molecule has 3 aromatic carbocycles. The summed E-state index contributed by atoms with van der Waals surface area (Å²) in [4.78, 5) is 25.5. The standard InChI is InChI=1S/C28H26N4O4/c1-16-11-21(36-15-20(34)14-33)12-17(2)26(16)27-30-23-9-7-19(13-24(23)31-27)28(35)32-25-10-8-18-5-3-4-6-22(18)29-25/h3-13,20,33-34H,14-15H2,1-2H3,(H,30,31)(H,29,32,35)/t20-/m0/s1. The molecule has 8 heteroatoms. The summed E-state index contributed by atoms with van der Waals surface area (Å²) in [5.41, 5.74) is 5.63. The first-order valence-corrected chi connectivity index (χ1v) is 11.6. The van der Waals surface area contributed by atoms with Crippen LogP contribution in [0.4, 0.5) is 5.82 Å². The molecular weight excluding hydrogens is 456 g/mol. The number of nitrogens with one attached hydrogen (secondary N) is 2. The topological polar surface area (TPSA) is 120 Å². The van der Waals surface area contributed by atoms with Crippen LogP contribution >= 0.6 is 0 Å². The number of ether oxygens (including phenoxy) is 1. The largest absolute Gasteiger partial charge is 0.491 e. The maximum atomic E-state index is 12.9. The van der Waals surface area contributed by atoms with Crippen LogP contribution in [0.5, 0.6) is 5.75 Å². The van der Waals surface area contributed by atoms with Gasteiger partial charge in [0.15, 0.2) is 0 Å². The highest BCUT2D eigenvalue weighted by Crippen LogP contribution is 2.31. The second-order valence-electron chi connectivity index (χ2n) is 8.74.